The Labute approximate surface area is 57.2 Å². The Morgan fingerprint density at radius 1 is 1.86 bits per heavy atom. The van der Waals surface area contributed by atoms with Gasteiger partial charge in [0.1, 0.15) is 0 Å². The van der Waals surface area contributed by atoms with Gasteiger partial charge < -0.3 is 0 Å². The zero-order valence-electron chi connectivity index (χ0n) is 11.1. The zero-order chi connectivity index (χ0) is 11.1. The van der Waals surface area contributed by atoms with E-state index in [2.05, 4.69) is 0 Å². The maximum atomic E-state index is 7.61. The SMILES string of the molecule is [2H]C(C(C)(C)C)[Si]([2H])([2H])C([2H])([2H])[2H]. The Hall–Kier alpha value is 0.217. The fraction of sp³-hybridized carbons (Fsp3) is 1.00. The van der Waals surface area contributed by atoms with E-state index in [1.165, 1.54) is 0 Å². The van der Waals surface area contributed by atoms with Gasteiger partial charge in [-0.25, -0.2) is 0 Å². The Bertz CT molecular complexity index is 179. The summed E-state index contributed by atoms with van der Waals surface area (Å²) in [6.07, 6.45) is 0. The maximum Gasteiger partial charge on any atom is 0.0235 e. The van der Waals surface area contributed by atoms with E-state index in [-0.39, 0.29) is 0 Å². The molecule has 0 nitrogen and oxygen atoms in total. The molecule has 0 bridgehead atoms. The predicted molar refractivity (Wildman–Crippen MR) is 38.7 cm³/mol. The predicted octanol–water partition coefficient (Wildman–Crippen LogP) is 1.67. The Morgan fingerprint density at radius 3 is 2.57 bits per heavy atom. The first kappa shape index (κ1) is 1.87. The second-order valence-corrected chi connectivity index (χ2v) is 3.23. The molecule has 0 fully saturated rings. The lowest BCUT2D eigenvalue weighted by molar-refractivity contribution is 0.467. The van der Waals surface area contributed by atoms with Crippen LogP contribution in [0.4, 0.5) is 0 Å². The van der Waals surface area contributed by atoms with Crippen LogP contribution < -0.4 is 0 Å². The number of rotatable bonds is 1. The van der Waals surface area contributed by atoms with Crippen molar-refractivity contribution >= 4 is 9.38 Å². The van der Waals surface area contributed by atoms with Gasteiger partial charge in [0.2, 0.25) is 0 Å². The van der Waals surface area contributed by atoms with Gasteiger partial charge in [0.15, 0.2) is 0 Å². The van der Waals surface area contributed by atoms with Gasteiger partial charge in [-0.3, -0.25) is 0 Å². The molecule has 0 heterocycles. The highest BCUT2D eigenvalue weighted by Gasteiger charge is 2.06. The molecule has 0 amide bonds. The minimum atomic E-state index is -3.98. The first-order valence-electron chi connectivity index (χ1n) is 5.40. The van der Waals surface area contributed by atoms with E-state index in [9.17, 15) is 0 Å². The highest BCUT2D eigenvalue weighted by molar-refractivity contribution is 6.33. The molecule has 0 saturated carbocycles. The van der Waals surface area contributed by atoms with Crippen LogP contribution in [-0.2, 0) is 0 Å². The van der Waals surface area contributed by atoms with E-state index in [1.807, 2.05) is 0 Å². The molecule has 0 N–H and O–H groups in total. The van der Waals surface area contributed by atoms with E-state index >= 15 is 0 Å². The van der Waals surface area contributed by atoms with Crippen LogP contribution in [0.5, 0.6) is 0 Å². The lowest BCUT2D eigenvalue weighted by Crippen LogP contribution is -2.05. The molecule has 0 aliphatic rings. The smallest absolute Gasteiger partial charge is 0.0235 e. The van der Waals surface area contributed by atoms with Gasteiger partial charge in [-0.05, 0) is 5.41 Å². The fourth-order valence-electron chi connectivity index (χ4n) is 0.217. The van der Waals surface area contributed by atoms with Crippen LogP contribution in [-0.4, -0.2) is 11.9 Å². The van der Waals surface area contributed by atoms with Gasteiger partial charge in [-0.2, -0.15) is 0 Å². The lowest BCUT2D eigenvalue weighted by Gasteiger charge is -2.15. The van der Waals surface area contributed by atoms with Crippen molar-refractivity contribution in [3.63, 3.8) is 0 Å². The van der Waals surface area contributed by atoms with Crippen molar-refractivity contribution in [2.24, 2.45) is 5.41 Å². The third-order valence-corrected chi connectivity index (χ3v) is 1.52. The normalized spacial score (nSPS) is 33.0. The average Bonchev–Trinajstić information content (AvgIpc) is 1.81. The van der Waals surface area contributed by atoms with Gasteiger partial charge in [0, 0.05) is 17.3 Å². The molecule has 0 aliphatic heterocycles. The molecule has 1 heteroatoms. The van der Waals surface area contributed by atoms with Crippen LogP contribution >= 0.6 is 0 Å². The van der Waals surface area contributed by atoms with E-state index < -0.39 is 27.3 Å². The van der Waals surface area contributed by atoms with E-state index in [0.29, 0.717) is 0 Å². The van der Waals surface area contributed by atoms with Crippen LogP contribution in [0.25, 0.3) is 0 Å². The Kier molecular flexibility index (Phi) is 0.669. The summed E-state index contributed by atoms with van der Waals surface area (Å²) >= 11 is 0. The quantitative estimate of drug-likeness (QED) is 0.464. The number of hydrogen-bond donors (Lipinski definition) is 0. The number of hydrogen-bond acceptors (Lipinski definition) is 0. The molecule has 0 aromatic rings. The summed E-state index contributed by atoms with van der Waals surface area (Å²) in [4.78, 5) is 0. The Balaban J connectivity index is 4.86. The van der Waals surface area contributed by atoms with Crippen molar-refractivity contribution in [2.75, 3.05) is 0 Å². The van der Waals surface area contributed by atoms with Gasteiger partial charge in [-0.15, -0.1) is 0 Å². The second kappa shape index (κ2) is 2.51. The first-order valence-corrected chi connectivity index (χ1v) is 3.40. The molecule has 0 aromatic carbocycles. The molecule has 7 heavy (non-hydrogen) atoms. The largest absolute Gasteiger partial charge is 0.0748 e. The molecule has 1 unspecified atom stereocenters. The average molecular weight is 122 g/mol. The lowest BCUT2D eigenvalue weighted by atomic mass is 10.0. The van der Waals surface area contributed by atoms with E-state index in [1.54, 1.807) is 20.8 Å². The Morgan fingerprint density at radius 2 is 2.43 bits per heavy atom. The molecule has 0 aliphatic carbocycles. The van der Waals surface area contributed by atoms with Crippen LogP contribution in [0, 0.1) is 5.41 Å². The molecular weight excluding hydrogens is 100 g/mol. The molecular formula is C6H16Si. The third-order valence-electron chi connectivity index (χ3n) is 0.505. The monoisotopic (exact) mass is 122 g/mol. The molecule has 44 valence electrons. The summed E-state index contributed by atoms with van der Waals surface area (Å²) in [6.45, 7) is 2.50. The van der Waals surface area contributed by atoms with Gasteiger partial charge in [0.05, 0.1) is 0 Å². The molecule has 0 spiro atoms. The van der Waals surface area contributed by atoms with Crippen molar-refractivity contribution < 1.29 is 5.48 Å². The van der Waals surface area contributed by atoms with Crippen molar-refractivity contribution in [2.45, 2.75) is 33.3 Å². The molecule has 1 atom stereocenters. The highest BCUT2D eigenvalue weighted by Crippen LogP contribution is 2.17. The molecule has 0 aromatic heterocycles. The van der Waals surface area contributed by atoms with Crippen molar-refractivity contribution in [3.05, 3.63) is 0 Å². The maximum absolute atomic E-state index is 7.61. The van der Waals surface area contributed by atoms with Gasteiger partial charge in [0.25, 0.3) is 0 Å². The summed E-state index contributed by atoms with van der Waals surface area (Å²) in [6, 6.07) is -1.12. The summed E-state index contributed by atoms with van der Waals surface area (Å²) in [7, 11) is -3.98. The standard InChI is InChI=1S/C6H16Si/c1-6(2,3)5-7-4/h5,7H2,1-4H3/i4D3,5D,7D2. The summed E-state index contributed by atoms with van der Waals surface area (Å²) < 4.78 is 43.7. The van der Waals surface area contributed by atoms with E-state index in [0.717, 1.165) is 0 Å². The van der Waals surface area contributed by atoms with Crippen LogP contribution in [0.1, 0.15) is 26.3 Å². The van der Waals surface area contributed by atoms with Gasteiger partial charge >= 0.3 is 0 Å². The first-order chi connectivity index (χ1) is 5.40. The summed E-state index contributed by atoms with van der Waals surface area (Å²) in [5.74, 6) is 0. The molecule has 0 saturated heterocycles. The highest BCUT2D eigenvalue weighted by atomic mass is 28.2. The molecule has 0 rings (SSSR count). The van der Waals surface area contributed by atoms with Crippen LogP contribution in [0.15, 0.2) is 0 Å². The van der Waals surface area contributed by atoms with Gasteiger partial charge in [-0.1, -0.05) is 33.3 Å². The minimum Gasteiger partial charge on any atom is -0.0748 e. The van der Waals surface area contributed by atoms with Crippen molar-refractivity contribution in [1.29, 1.82) is 2.47 Å². The van der Waals surface area contributed by atoms with Crippen LogP contribution in [0.3, 0.4) is 0 Å². The zero-order valence-corrected chi connectivity index (χ0v) is 6.08. The minimum absolute atomic E-state index is 0.607. The van der Waals surface area contributed by atoms with Crippen molar-refractivity contribution in [1.82, 2.24) is 0 Å². The van der Waals surface area contributed by atoms with E-state index in [4.69, 9.17) is 7.95 Å². The summed E-state index contributed by atoms with van der Waals surface area (Å²) in [5.41, 5.74) is -0.607. The molecule has 0 radical (unpaired) electrons. The topological polar surface area (TPSA) is 0 Å². The fourth-order valence-corrected chi connectivity index (χ4v) is 0.650. The van der Waals surface area contributed by atoms with Crippen LogP contribution in [0.2, 0.25) is 12.5 Å². The summed E-state index contributed by atoms with van der Waals surface area (Å²) in [5, 5.41) is 0. The van der Waals surface area contributed by atoms with Crippen molar-refractivity contribution in [3.8, 4) is 0 Å². The third kappa shape index (κ3) is 6.22. The second-order valence-electron chi connectivity index (χ2n) is 2.65.